The average molecular weight is 352 g/mol. The first-order valence-electron chi connectivity index (χ1n) is 8.19. The maximum atomic E-state index is 12.3. The molecule has 0 aromatic heterocycles. The van der Waals surface area contributed by atoms with Crippen molar-refractivity contribution in [2.24, 2.45) is 10.4 Å². The van der Waals surface area contributed by atoms with Crippen LogP contribution in [0.4, 0.5) is 13.2 Å². The zero-order valence-corrected chi connectivity index (χ0v) is 15.5. The second-order valence-corrected chi connectivity index (χ2v) is 7.20. The van der Waals surface area contributed by atoms with Gasteiger partial charge in [-0.1, -0.05) is 20.8 Å². The summed E-state index contributed by atoms with van der Waals surface area (Å²) in [7, 11) is 1.12. The molecule has 0 heterocycles. The molecule has 0 saturated carbocycles. The Morgan fingerprint density at radius 1 is 1.25 bits per heavy atom. The summed E-state index contributed by atoms with van der Waals surface area (Å²) in [6, 6.07) is 0.144. The smallest absolute Gasteiger partial charge is 0.357 e. The molecule has 0 spiro atoms. The predicted molar refractivity (Wildman–Crippen MR) is 91.0 cm³/mol. The normalized spacial score (nSPS) is 14.3. The minimum absolute atomic E-state index is 0.144. The number of guanidine groups is 1. The zero-order valence-electron chi connectivity index (χ0n) is 15.5. The quantitative estimate of drug-likeness (QED) is 0.547. The van der Waals surface area contributed by atoms with Gasteiger partial charge < -0.3 is 15.5 Å². The van der Waals surface area contributed by atoms with E-state index < -0.39 is 18.6 Å². The number of halogens is 3. The number of hydrogen-bond acceptors (Lipinski definition) is 2. The molecule has 5 nitrogen and oxygen atoms in total. The number of rotatable bonds is 7. The number of amides is 1. The number of nitrogens with one attached hydrogen (secondary N) is 2. The largest absolute Gasteiger partial charge is 0.406 e. The highest BCUT2D eigenvalue weighted by Gasteiger charge is 2.31. The van der Waals surface area contributed by atoms with Gasteiger partial charge in [-0.15, -0.1) is 0 Å². The predicted octanol–water partition coefficient (Wildman–Crippen LogP) is 2.78. The summed E-state index contributed by atoms with van der Waals surface area (Å²) in [6.45, 7) is 9.38. The first-order valence-corrected chi connectivity index (χ1v) is 8.19. The lowest BCUT2D eigenvalue weighted by molar-refractivity contribution is -0.157. The van der Waals surface area contributed by atoms with Crippen molar-refractivity contribution < 1.29 is 18.0 Å². The Morgan fingerprint density at radius 3 is 2.29 bits per heavy atom. The third-order valence-corrected chi connectivity index (χ3v) is 3.27. The molecule has 0 rings (SSSR count). The first kappa shape index (κ1) is 22.5. The van der Waals surface area contributed by atoms with E-state index in [1.165, 1.54) is 0 Å². The van der Waals surface area contributed by atoms with Crippen LogP contribution in [0.15, 0.2) is 4.99 Å². The summed E-state index contributed by atoms with van der Waals surface area (Å²) in [5.41, 5.74) is 0.224. The van der Waals surface area contributed by atoms with E-state index in [9.17, 15) is 18.0 Å². The van der Waals surface area contributed by atoms with E-state index >= 15 is 0 Å². The van der Waals surface area contributed by atoms with Crippen molar-refractivity contribution in [3.8, 4) is 0 Å². The van der Waals surface area contributed by atoms with E-state index in [1.54, 1.807) is 0 Å². The Morgan fingerprint density at radius 2 is 1.83 bits per heavy atom. The molecule has 0 radical (unpaired) electrons. The van der Waals surface area contributed by atoms with Crippen LogP contribution in [0.1, 0.15) is 47.5 Å². The highest BCUT2D eigenvalue weighted by Crippen LogP contribution is 2.21. The molecule has 24 heavy (non-hydrogen) atoms. The van der Waals surface area contributed by atoms with Crippen LogP contribution in [0.3, 0.4) is 0 Å². The van der Waals surface area contributed by atoms with E-state index in [4.69, 9.17) is 0 Å². The molecular formula is C16H31F3N4O. The minimum atomic E-state index is -4.40. The molecule has 0 aliphatic rings. The van der Waals surface area contributed by atoms with Gasteiger partial charge in [-0.25, -0.2) is 4.99 Å². The molecule has 0 aromatic rings. The van der Waals surface area contributed by atoms with Gasteiger partial charge in [-0.3, -0.25) is 4.79 Å². The monoisotopic (exact) mass is 352 g/mol. The Bertz CT molecular complexity index is 417. The van der Waals surface area contributed by atoms with E-state index in [0.717, 1.165) is 19.9 Å². The number of likely N-dealkylation sites (N-methyl/N-ethyl adjacent to an activating group) is 1. The van der Waals surface area contributed by atoms with Crippen LogP contribution in [-0.4, -0.2) is 55.7 Å². The summed E-state index contributed by atoms with van der Waals surface area (Å²) < 4.78 is 36.9. The van der Waals surface area contributed by atoms with E-state index in [1.807, 2.05) is 13.8 Å². The summed E-state index contributed by atoms with van der Waals surface area (Å²) in [5.74, 6) is -0.237. The highest BCUT2D eigenvalue weighted by atomic mass is 19.4. The van der Waals surface area contributed by atoms with Gasteiger partial charge in [0.2, 0.25) is 5.91 Å². The highest BCUT2D eigenvalue weighted by molar-refractivity contribution is 5.85. The fourth-order valence-corrected chi connectivity index (χ4v) is 1.90. The summed E-state index contributed by atoms with van der Waals surface area (Å²) >= 11 is 0. The molecule has 1 unspecified atom stereocenters. The van der Waals surface area contributed by atoms with Gasteiger partial charge >= 0.3 is 6.18 Å². The van der Waals surface area contributed by atoms with E-state index in [2.05, 4.69) is 36.4 Å². The average Bonchev–Trinajstić information content (AvgIpc) is 2.39. The molecule has 1 atom stereocenters. The lowest BCUT2D eigenvalue weighted by atomic mass is 9.89. The summed E-state index contributed by atoms with van der Waals surface area (Å²) in [6.07, 6.45) is -2.46. The lowest BCUT2D eigenvalue weighted by Gasteiger charge is -2.23. The van der Waals surface area contributed by atoms with Crippen LogP contribution in [0.25, 0.3) is 0 Å². The van der Waals surface area contributed by atoms with E-state index in [0.29, 0.717) is 17.4 Å². The zero-order chi connectivity index (χ0) is 19.0. The molecule has 1 amide bonds. The van der Waals surface area contributed by atoms with Gasteiger partial charge in [-0.05, 0) is 32.1 Å². The van der Waals surface area contributed by atoms with Crippen molar-refractivity contribution in [2.45, 2.75) is 59.7 Å². The fourth-order valence-electron chi connectivity index (χ4n) is 1.90. The van der Waals surface area contributed by atoms with Crippen molar-refractivity contribution in [3.05, 3.63) is 0 Å². The Balaban J connectivity index is 4.58. The molecule has 142 valence electrons. The maximum absolute atomic E-state index is 12.3. The number of aliphatic imine (C=N–C) groups is 1. The number of alkyl halides is 3. The van der Waals surface area contributed by atoms with Gasteiger partial charge in [0.1, 0.15) is 13.1 Å². The summed E-state index contributed by atoms with van der Waals surface area (Å²) in [4.78, 5) is 16.5. The molecule has 2 N–H and O–H groups in total. The maximum Gasteiger partial charge on any atom is 0.406 e. The van der Waals surface area contributed by atoms with E-state index in [-0.39, 0.29) is 18.0 Å². The molecular weight excluding hydrogens is 321 g/mol. The van der Waals surface area contributed by atoms with Crippen molar-refractivity contribution in [2.75, 3.05) is 26.7 Å². The topological polar surface area (TPSA) is 56.7 Å². The molecule has 0 saturated heterocycles. The van der Waals surface area contributed by atoms with Crippen molar-refractivity contribution in [1.29, 1.82) is 0 Å². The third-order valence-electron chi connectivity index (χ3n) is 3.27. The summed E-state index contributed by atoms with van der Waals surface area (Å²) in [5, 5.41) is 6.18. The fraction of sp³-hybridized carbons (Fsp3) is 0.875. The minimum Gasteiger partial charge on any atom is -0.357 e. The number of nitrogens with zero attached hydrogens (tertiary/aromatic N) is 2. The van der Waals surface area contributed by atoms with Crippen LogP contribution >= 0.6 is 0 Å². The van der Waals surface area contributed by atoms with Crippen LogP contribution in [-0.2, 0) is 4.79 Å². The Labute approximate surface area is 143 Å². The standard InChI is InChI=1S/C16H31F3N4O/c1-7-20-14(22-12(2)8-9-15(3,4)5)21-10-13(24)23(6)11-16(17,18)19/h12H,7-11H2,1-6H3,(H2,20,21,22). The molecule has 0 aliphatic heterocycles. The van der Waals surface area contributed by atoms with Gasteiger partial charge in [0.25, 0.3) is 0 Å². The molecule has 8 heteroatoms. The Hall–Kier alpha value is -1.47. The van der Waals surface area contributed by atoms with Crippen LogP contribution < -0.4 is 10.6 Å². The molecule has 0 aliphatic carbocycles. The Kier molecular flexibility index (Phi) is 9.14. The van der Waals surface area contributed by atoms with Crippen molar-refractivity contribution >= 4 is 11.9 Å². The van der Waals surface area contributed by atoms with Crippen molar-refractivity contribution in [1.82, 2.24) is 15.5 Å². The van der Waals surface area contributed by atoms with Gasteiger partial charge in [0.15, 0.2) is 5.96 Å². The molecule has 0 fully saturated rings. The SMILES string of the molecule is CCNC(=NCC(=O)N(C)CC(F)(F)F)NC(C)CCC(C)(C)C. The lowest BCUT2D eigenvalue weighted by Crippen LogP contribution is -2.43. The number of hydrogen-bond donors (Lipinski definition) is 2. The van der Waals surface area contributed by atoms with Crippen molar-refractivity contribution in [3.63, 3.8) is 0 Å². The van der Waals surface area contributed by atoms with Gasteiger partial charge in [-0.2, -0.15) is 13.2 Å². The second kappa shape index (κ2) is 9.74. The molecule has 0 bridgehead atoms. The van der Waals surface area contributed by atoms with Crippen LogP contribution in [0, 0.1) is 5.41 Å². The van der Waals surface area contributed by atoms with Gasteiger partial charge in [0.05, 0.1) is 0 Å². The number of carbonyl (C=O) groups excluding carboxylic acids is 1. The van der Waals surface area contributed by atoms with Crippen LogP contribution in [0.2, 0.25) is 0 Å². The van der Waals surface area contributed by atoms with Gasteiger partial charge in [0, 0.05) is 19.6 Å². The first-order chi connectivity index (χ1) is 10.8. The second-order valence-electron chi connectivity index (χ2n) is 7.20. The van der Waals surface area contributed by atoms with Crippen LogP contribution in [0.5, 0.6) is 0 Å². The molecule has 0 aromatic carbocycles. The number of carbonyl (C=O) groups is 1. The third kappa shape index (κ3) is 12.0.